The number of aliphatic carboxylic acids is 1. The lowest BCUT2D eigenvalue weighted by molar-refractivity contribution is -0.142. The molecule has 3 atom stereocenters. The van der Waals surface area contributed by atoms with E-state index in [-0.39, 0.29) is 17.9 Å². The van der Waals surface area contributed by atoms with E-state index in [1.165, 1.54) is 0 Å². The summed E-state index contributed by atoms with van der Waals surface area (Å²) in [7, 11) is 1.78. The third-order valence-electron chi connectivity index (χ3n) is 4.11. The van der Waals surface area contributed by atoms with Crippen LogP contribution in [0.2, 0.25) is 0 Å². The Bertz CT molecular complexity index is 343. The molecule has 0 aromatic rings. The summed E-state index contributed by atoms with van der Waals surface area (Å²) in [6.45, 7) is 5.72. The largest absolute Gasteiger partial charge is 0.481 e. The predicted octanol–water partition coefficient (Wildman–Crippen LogP) is 1.94. The number of thioether (sulfide) groups is 1. The van der Waals surface area contributed by atoms with Gasteiger partial charge in [-0.2, -0.15) is 11.8 Å². The maximum Gasteiger partial charge on any atom is 0.307 e. The summed E-state index contributed by atoms with van der Waals surface area (Å²) in [5, 5.41) is 9.10. The van der Waals surface area contributed by atoms with Gasteiger partial charge >= 0.3 is 5.97 Å². The first-order valence-corrected chi connectivity index (χ1v) is 7.63. The van der Waals surface area contributed by atoms with E-state index in [1.807, 2.05) is 27.0 Å². The Balaban J connectivity index is 2.63. The number of carboxylic acids is 1. The summed E-state index contributed by atoms with van der Waals surface area (Å²) in [5.74, 6) is -0.767. The van der Waals surface area contributed by atoms with E-state index in [9.17, 15) is 9.59 Å². The number of carbonyl (C=O) groups is 2. The van der Waals surface area contributed by atoms with Gasteiger partial charge in [0.15, 0.2) is 0 Å². The van der Waals surface area contributed by atoms with E-state index < -0.39 is 17.3 Å². The Kier molecular flexibility index (Phi) is 4.70. The van der Waals surface area contributed by atoms with Gasteiger partial charge in [-0.3, -0.25) is 9.59 Å². The predicted molar refractivity (Wildman–Crippen MR) is 73.6 cm³/mol. The number of amides is 1. The lowest BCUT2D eigenvalue weighted by atomic mass is 10.1. The van der Waals surface area contributed by atoms with Gasteiger partial charge in [0.1, 0.15) is 0 Å². The topological polar surface area (TPSA) is 57.6 Å². The van der Waals surface area contributed by atoms with Gasteiger partial charge in [0.05, 0.1) is 11.8 Å². The highest BCUT2D eigenvalue weighted by atomic mass is 32.2. The van der Waals surface area contributed by atoms with Gasteiger partial charge < -0.3 is 10.0 Å². The summed E-state index contributed by atoms with van der Waals surface area (Å²) in [6, 6.07) is 0.163. The number of hydrogen-bond acceptors (Lipinski definition) is 3. The average Bonchev–Trinajstić information content (AvgIpc) is 2.87. The molecule has 1 aliphatic rings. The second-order valence-corrected chi connectivity index (χ2v) is 6.68. The molecule has 0 aliphatic heterocycles. The Hall–Kier alpha value is -0.710. The number of nitrogens with zero attached hydrogens (tertiary/aromatic N) is 1. The molecule has 0 bridgehead atoms. The van der Waals surface area contributed by atoms with Crippen LogP contribution in [0.3, 0.4) is 0 Å². The van der Waals surface area contributed by atoms with Crippen molar-refractivity contribution >= 4 is 23.6 Å². The van der Waals surface area contributed by atoms with Gasteiger partial charge in [-0.25, -0.2) is 0 Å². The molecule has 1 N–H and O–H groups in total. The van der Waals surface area contributed by atoms with Crippen LogP contribution < -0.4 is 0 Å². The normalized spacial score (nSPS) is 26.5. The minimum Gasteiger partial charge on any atom is -0.481 e. The third kappa shape index (κ3) is 2.82. The molecule has 1 fully saturated rings. The molecule has 104 valence electrons. The van der Waals surface area contributed by atoms with Crippen molar-refractivity contribution in [1.29, 1.82) is 0 Å². The Labute approximate surface area is 113 Å². The molecule has 0 aromatic heterocycles. The maximum atomic E-state index is 12.3. The smallest absolute Gasteiger partial charge is 0.307 e. The number of rotatable bonds is 6. The fourth-order valence-corrected chi connectivity index (χ4v) is 3.05. The van der Waals surface area contributed by atoms with Crippen LogP contribution >= 0.6 is 11.8 Å². The first-order valence-electron chi connectivity index (χ1n) is 6.23. The van der Waals surface area contributed by atoms with Crippen LogP contribution in [0.15, 0.2) is 0 Å². The van der Waals surface area contributed by atoms with E-state index in [0.29, 0.717) is 0 Å². The van der Waals surface area contributed by atoms with Gasteiger partial charge in [0.2, 0.25) is 5.91 Å². The second-order valence-electron chi connectivity index (χ2n) is 5.69. The van der Waals surface area contributed by atoms with Crippen LogP contribution in [-0.4, -0.2) is 47.0 Å². The molecule has 5 heteroatoms. The lowest BCUT2D eigenvalue weighted by Gasteiger charge is -2.25. The Morgan fingerprint density at radius 1 is 1.39 bits per heavy atom. The van der Waals surface area contributed by atoms with Gasteiger partial charge in [-0.05, 0) is 30.8 Å². The molecule has 0 heterocycles. The molecular formula is C13H23NO3S. The summed E-state index contributed by atoms with van der Waals surface area (Å²) < 4.78 is 0. The standard InChI is InChI=1S/C13H23NO3S/c1-8(6-7-18-5)14(4)11(15)9-10(12(16)17)13(9,2)3/h8-10H,6-7H2,1-5H3,(H,16,17). The molecule has 3 unspecified atom stereocenters. The highest BCUT2D eigenvalue weighted by Crippen LogP contribution is 2.59. The average molecular weight is 273 g/mol. The van der Waals surface area contributed by atoms with Crippen molar-refractivity contribution in [2.45, 2.75) is 33.2 Å². The molecule has 1 rings (SSSR count). The molecule has 4 nitrogen and oxygen atoms in total. The van der Waals surface area contributed by atoms with Crippen molar-refractivity contribution in [3.8, 4) is 0 Å². The molecular weight excluding hydrogens is 250 g/mol. The second kappa shape index (κ2) is 5.51. The lowest BCUT2D eigenvalue weighted by Crippen LogP contribution is -2.37. The molecule has 0 spiro atoms. The zero-order valence-electron chi connectivity index (χ0n) is 11.8. The van der Waals surface area contributed by atoms with Crippen LogP contribution in [0, 0.1) is 17.3 Å². The van der Waals surface area contributed by atoms with Crippen LogP contribution in [0.1, 0.15) is 27.2 Å². The molecule has 1 saturated carbocycles. The van der Waals surface area contributed by atoms with Crippen molar-refractivity contribution in [3.05, 3.63) is 0 Å². The maximum absolute atomic E-state index is 12.3. The summed E-state index contributed by atoms with van der Waals surface area (Å²) in [6.07, 6.45) is 2.98. The highest BCUT2D eigenvalue weighted by molar-refractivity contribution is 7.98. The van der Waals surface area contributed by atoms with E-state index >= 15 is 0 Å². The molecule has 18 heavy (non-hydrogen) atoms. The Morgan fingerprint density at radius 3 is 2.33 bits per heavy atom. The van der Waals surface area contributed by atoms with Crippen LogP contribution in [-0.2, 0) is 9.59 Å². The van der Waals surface area contributed by atoms with Crippen molar-refractivity contribution < 1.29 is 14.7 Å². The minimum absolute atomic E-state index is 0.0268. The zero-order chi connectivity index (χ0) is 14.1. The fourth-order valence-electron chi connectivity index (χ4n) is 2.48. The molecule has 1 amide bonds. The molecule has 0 radical (unpaired) electrons. The SMILES string of the molecule is CSCCC(C)N(C)C(=O)C1C(C(=O)O)C1(C)C. The first kappa shape index (κ1) is 15.3. The van der Waals surface area contributed by atoms with Crippen LogP contribution in [0.25, 0.3) is 0 Å². The van der Waals surface area contributed by atoms with E-state index in [4.69, 9.17) is 5.11 Å². The van der Waals surface area contributed by atoms with Gasteiger partial charge in [-0.1, -0.05) is 13.8 Å². The Morgan fingerprint density at radius 2 is 1.94 bits per heavy atom. The van der Waals surface area contributed by atoms with Crippen LogP contribution in [0.5, 0.6) is 0 Å². The fraction of sp³-hybridized carbons (Fsp3) is 0.846. The monoisotopic (exact) mass is 273 g/mol. The quantitative estimate of drug-likeness (QED) is 0.803. The highest BCUT2D eigenvalue weighted by Gasteiger charge is 2.66. The number of hydrogen-bond donors (Lipinski definition) is 1. The molecule has 0 aromatic carbocycles. The van der Waals surface area contributed by atoms with Crippen molar-refractivity contribution in [2.75, 3.05) is 19.1 Å². The molecule has 0 saturated heterocycles. The van der Waals surface area contributed by atoms with E-state index in [0.717, 1.165) is 12.2 Å². The summed E-state index contributed by atoms with van der Waals surface area (Å²) in [4.78, 5) is 25.1. The van der Waals surface area contributed by atoms with Gasteiger partial charge in [-0.15, -0.1) is 0 Å². The first-order chi connectivity index (χ1) is 8.25. The number of carboxylic acid groups (broad SMARTS) is 1. The third-order valence-corrected chi connectivity index (χ3v) is 4.75. The van der Waals surface area contributed by atoms with Gasteiger partial charge in [0.25, 0.3) is 0 Å². The van der Waals surface area contributed by atoms with Crippen LogP contribution in [0.4, 0.5) is 0 Å². The van der Waals surface area contributed by atoms with E-state index in [2.05, 4.69) is 0 Å². The minimum atomic E-state index is -0.858. The van der Waals surface area contributed by atoms with Crippen molar-refractivity contribution in [2.24, 2.45) is 17.3 Å². The summed E-state index contributed by atoms with van der Waals surface area (Å²) in [5.41, 5.74) is -0.406. The zero-order valence-corrected chi connectivity index (χ0v) is 12.6. The number of carbonyl (C=O) groups excluding carboxylic acids is 1. The molecule has 1 aliphatic carbocycles. The summed E-state index contributed by atoms with van der Waals surface area (Å²) >= 11 is 1.76. The van der Waals surface area contributed by atoms with E-state index in [1.54, 1.807) is 23.7 Å². The van der Waals surface area contributed by atoms with Crippen molar-refractivity contribution in [1.82, 2.24) is 4.90 Å². The van der Waals surface area contributed by atoms with Crippen molar-refractivity contribution in [3.63, 3.8) is 0 Å². The van der Waals surface area contributed by atoms with Gasteiger partial charge in [0, 0.05) is 13.1 Å².